The number of nitrogens with zero attached hydrogens (tertiary/aromatic N) is 5. The highest BCUT2D eigenvalue weighted by Gasteiger charge is 2.24. The Balaban J connectivity index is 1.38. The summed E-state index contributed by atoms with van der Waals surface area (Å²) in [4.78, 5) is 13.2. The van der Waals surface area contributed by atoms with Gasteiger partial charge in [-0.25, -0.2) is 9.97 Å². The van der Waals surface area contributed by atoms with Gasteiger partial charge >= 0.3 is 0 Å². The lowest BCUT2D eigenvalue weighted by Crippen LogP contribution is -2.36. The summed E-state index contributed by atoms with van der Waals surface area (Å²) < 4.78 is 7.82. The summed E-state index contributed by atoms with van der Waals surface area (Å²) in [6.07, 6.45) is 6.80. The minimum Gasteiger partial charge on any atom is -0.424 e. The van der Waals surface area contributed by atoms with Crippen LogP contribution in [0.1, 0.15) is 36.8 Å². The zero-order valence-electron chi connectivity index (χ0n) is 15.7. The fourth-order valence-electron chi connectivity index (χ4n) is 3.89. The van der Waals surface area contributed by atoms with Gasteiger partial charge in [0.25, 0.3) is 6.01 Å². The highest BCUT2D eigenvalue weighted by atomic mass is 16.4. The van der Waals surface area contributed by atoms with Gasteiger partial charge in [0.15, 0.2) is 11.2 Å². The Morgan fingerprint density at radius 3 is 2.97 bits per heavy atom. The molecule has 0 saturated heterocycles. The number of oxazole rings is 1. The second kappa shape index (κ2) is 7.18. The first-order valence-electron chi connectivity index (χ1n) is 9.75. The third-order valence-electron chi connectivity index (χ3n) is 5.43. The molecule has 5 rings (SSSR count). The lowest BCUT2D eigenvalue weighted by molar-refractivity contribution is 0.115. The van der Waals surface area contributed by atoms with Crippen LogP contribution in [0.25, 0.3) is 22.3 Å². The van der Waals surface area contributed by atoms with Gasteiger partial charge in [-0.1, -0.05) is 18.9 Å². The lowest BCUT2D eigenvalue weighted by Gasteiger charge is -2.27. The standard InChI is InChI=1S/C21H20N6O2/c22-9-14-7-17-20(23-10-14)27(12-24-17)11-13-5-6-16-19(8-13)29-21(26-16)25-15-3-1-2-4-18(15)28/h5-8,10,12,15,18,28H,1-4,11H2,(H,25,26). The molecule has 0 bridgehead atoms. The van der Waals surface area contributed by atoms with Crippen molar-refractivity contribution in [2.24, 2.45) is 0 Å². The van der Waals surface area contributed by atoms with Crippen molar-refractivity contribution in [2.75, 3.05) is 5.32 Å². The number of hydrogen-bond acceptors (Lipinski definition) is 7. The van der Waals surface area contributed by atoms with E-state index in [4.69, 9.17) is 9.68 Å². The molecular formula is C21H20N6O2. The number of nitriles is 1. The molecule has 1 aliphatic carbocycles. The molecule has 3 aromatic heterocycles. The van der Waals surface area contributed by atoms with Crippen molar-refractivity contribution < 1.29 is 9.52 Å². The quantitative estimate of drug-likeness (QED) is 0.552. The summed E-state index contributed by atoms with van der Waals surface area (Å²) in [6.45, 7) is 0.580. The molecule has 0 spiro atoms. The normalized spacial score (nSPS) is 19.4. The van der Waals surface area contributed by atoms with Crippen LogP contribution in [0, 0.1) is 11.3 Å². The number of fused-ring (bicyclic) bond motifs is 2. The molecule has 29 heavy (non-hydrogen) atoms. The number of aliphatic hydroxyl groups is 1. The van der Waals surface area contributed by atoms with Crippen LogP contribution in [0.3, 0.4) is 0 Å². The molecular weight excluding hydrogens is 368 g/mol. The molecule has 3 heterocycles. The number of hydrogen-bond donors (Lipinski definition) is 2. The van der Waals surface area contributed by atoms with Gasteiger partial charge in [0.1, 0.15) is 17.1 Å². The fourth-order valence-corrected chi connectivity index (χ4v) is 3.89. The Labute approximate surface area is 166 Å². The van der Waals surface area contributed by atoms with E-state index in [1.807, 2.05) is 22.8 Å². The zero-order chi connectivity index (χ0) is 19.8. The Morgan fingerprint density at radius 1 is 1.21 bits per heavy atom. The van der Waals surface area contributed by atoms with E-state index >= 15 is 0 Å². The molecule has 146 valence electrons. The fraction of sp³-hybridized carbons (Fsp3) is 0.333. The second-order valence-corrected chi connectivity index (χ2v) is 7.47. The summed E-state index contributed by atoms with van der Waals surface area (Å²) >= 11 is 0. The summed E-state index contributed by atoms with van der Waals surface area (Å²) in [7, 11) is 0. The summed E-state index contributed by atoms with van der Waals surface area (Å²) in [5.74, 6) is 0. The molecule has 2 unspecified atom stereocenters. The van der Waals surface area contributed by atoms with Crippen LogP contribution in [0.2, 0.25) is 0 Å². The number of benzene rings is 1. The van der Waals surface area contributed by atoms with Crippen LogP contribution in [0.5, 0.6) is 0 Å². The molecule has 2 atom stereocenters. The van der Waals surface area contributed by atoms with Crippen LogP contribution in [-0.4, -0.2) is 36.8 Å². The molecule has 4 aromatic rings. The summed E-state index contributed by atoms with van der Waals surface area (Å²) in [5, 5.41) is 22.4. The van der Waals surface area contributed by atoms with E-state index in [1.54, 1.807) is 18.6 Å². The van der Waals surface area contributed by atoms with Crippen LogP contribution >= 0.6 is 0 Å². The lowest BCUT2D eigenvalue weighted by atomic mass is 9.93. The largest absolute Gasteiger partial charge is 0.424 e. The number of aliphatic hydroxyl groups excluding tert-OH is 1. The van der Waals surface area contributed by atoms with Crippen LogP contribution in [-0.2, 0) is 6.54 Å². The number of rotatable bonds is 4. The molecule has 1 fully saturated rings. The van der Waals surface area contributed by atoms with Crippen molar-refractivity contribution in [3.8, 4) is 6.07 Å². The topological polar surface area (TPSA) is 113 Å². The van der Waals surface area contributed by atoms with E-state index < -0.39 is 0 Å². The third kappa shape index (κ3) is 3.41. The van der Waals surface area contributed by atoms with Gasteiger partial charge < -0.3 is 19.4 Å². The van der Waals surface area contributed by atoms with Gasteiger partial charge in [0.05, 0.1) is 30.6 Å². The van der Waals surface area contributed by atoms with Gasteiger partial charge in [-0.05, 0) is 36.6 Å². The van der Waals surface area contributed by atoms with Gasteiger partial charge in [0.2, 0.25) is 0 Å². The van der Waals surface area contributed by atoms with E-state index in [1.165, 1.54) is 0 Å². The van der Waals surface area contributed by atoms with Gasteiger partial charge in [0, 0.05) is 6.20 Å². The van der Waals surface area contributed by atoms with Crippen LogP contribution in [0.15, 0.2) is 41.2 Å². The average Bonchev–Trinajstić information content (AvgIpc) is 3.32. The second-order valence-electron chi connectivity index (χ2n) is 7.47. The van der Waals surface area contributed by atoms with E-state index in [9.17, 15) is 5.11 Å². The highest BCUT2D eigenvalue weighted by Crippen LogP contribution is 2.25. The molecule has 2 N–H and O–H groups in total. The minimum atomic E-state index is -0.363. The molecule has 1 aromatic carbocycles. The molecule has 0 aliphatic heterocycles. The predicted octanol–water partition coefficient (Wildman–Crippen LogP) is 3.21. The van der Waals surface area contributed by atoms with Gasteiger partial charge in [-0.3, -0.25) is 0 Å². The molecule has 8 heteroatoms. The highest BCUT2D eigenvalue weighted by molar-refractivity contribution is 5.76. The summed E-state index contributed by atoms with van der Waals surface area (Å²) in [5.41, 5.74) is 4.42. The number of nitrogens with one attached hydrogen (secondary N) is 1. The van der Waals surface area contributed by atoms with E-state index in [0.717, 1.165) is 42.4 Å². The molecule has 1 aliphatic rings. The Morgan fingerprint density at radius 2 is 2.10 bits per heavy atom. The monoisotopic (exact) mass is 388 g/mol. The number of anilines is 1. The zero-order valence-corrected chi connectivity index (χ0v) is 15.7. The Bertz CT molecular complexity index is 1220. The SMILES string of the molecule is N#Cc1cnc2c(c1)ncn2Cc1ccc2nc(NC3CCCCC3O)oc2c1. The van der Waals surface area contributed by atoms with Gasteiger partial charge in [-0.2, -0.15) is 10.2 Å². The van der Waals surface area contributed by atoms with E-state index in [0.29, 0.717) is 29.2 Å². The first-order valence-corrected chi connectivity index (χ1v) is 9.75. The van der Waals surface area contributed by atoms with Crippen molar-refractivity contribution in [1.29, 1.82) is 5.26 Å². The number of imidazole rings is 1. The number of pyridine rings is 1. The van der Waals surface area contributed by atoms with Crippen LogP contribution < -0.4 is 5.32 Å². The summed E-state index contributed by atoms with van der Waals surface area (Å²) in [6, 6.07) is 10.1. The van der Waals surface area contributed by atoms with E-state index in [2.05, 4.69) is 26.3 Å². The minimum absolute atomic E-state index is 0.0158. The average molecular weight is 388 g/mol. The van der Waals surface area contributed by atoms with Crippen molar-refractivity contribution in [3.63, 3.8) is 0 Å². The van der Waals surface area contributed by atoms with Crippen molar-refractivity contribution >= 4 is 28.3 Å². The van der Waals surface area contributed by atoms with Crippen molar-refractivity contribution in [1.82, 2.24) is 19.5 Å². The Kier molecular flexibility index (Phi) is 4.37. The van der Waals surface area contributed by atoms with E-state index in [-0.39, 0.29) is 12.1 Å². The third-order valence-corrected chi connectivity index (χ3v) is 5.43. The van der Waals surface area contributed by atoms with Crippen molar-refractivity contribution in [2.45, 2.75) is 44.4 Å². The van der Waals surface area contributed by atoms with Crippen molar-refractivity contribution in [3.05, 3.63) is 47.9 Å². The molecule has 0 amide bonds. The van der Waals surface area contributed by atoms with Gasteiger partial charge in [-0.15, -0.1) is 0 Å². The Hall–Kier alpha value is -3.44. The smallest absolute Gasteiger partial charge is 0.295 e. The first-order chi connectivity index (χ1) is 14.2. The predicted molar refractivity (Wildman–Crippen MR) is 107 cm³/mol. The maximum absolute atomic E-state index is 10.1. The molecule has 1 saturated carbocycles. The van der Waals surface area contributed by atoms with Crippen LogP contribution in [0.4, 0.5) is 6.01 Å². The maximum Gasteiger partial charge on any atom is 0.295 e. The molecule has 8 nitrogen and oxygen atoms in total. The molecule has 0 radical (unpaired) electrons. The maximum atomic E-state index is 10.1. The number of aromatic nitrogens is 4. The first kappa shape index (κ1) is 17.6.